The van der Waals surface area contributed by atoms with Crippen molar-refractivity contribution in [2.45, 2.75) is 179 Å². The van der Waals surface area contributed by atoms with Crippen molar-refractivity contribution in [3.63, 3.8) is 0 Å². The first-order valence-electron chi connectivity index (χ1n) is 20.5. The summed E-state index contributed by atoms with van der Waals surface area (Å²) in [6.45, 7) is 15.4. The summed E-state index contributed by atoms with van der Waals surface area (Å²) < 4.78 is 38.2. The maximum Gasteiger partial charge on any atom is 1.00 e. The minimum absolute atomic E-state index is 0. The summed E-state index contributed by atoms with van der Waals surface area (Å²) in [6, 6.07) is 5.42. The van der Waals surface area contributed by atoms with E-state index in [9.17, 15) is 28.1 Å². The Bertz CT molecular complexity index is 1450. The normalized spacial score (nSPS) is 21.5. The molecule has 0 radical (unpaired) electrons. The second-order valence-corrected chi connectivity index (χ2v) is 19.5. The van der Waals surface area contributed by atoms with Crippen molar-refractivity contribution < 1.29 is 56.7 Å². The summed E-state index contributed by atoms with van der Waals surface area (Å²) in [6.07, 6.45) is 17.2. The molecule has 1 aromatic rings. The summed E-state index contributed by atoms with van der Waals surface area (Å²) in [7, 11) is -4.03. The van der Waals surface area contributed by atoms with Crippen molar-refractivity contribution in [3.05, 3.63) is 34.4 Å². The zero-order valence-electron chi connectivity index (χ0n) is 35.9. The van der Waals surface area contributed by atoms with E-state index >= 15 is 0 Å². The van der Waals surface area contributed by atoms with Gasteiger partial charge in [-0.3, -0.25) is 19.9 Å². The molecule has 2 amide bonds. The minimum Gasteiger partial charge on any atom is -0.870 e. The van der Waals surface area contributed by atoms with Crippen LogP contribution < -0.4 is 24.2 Å². The van der Waals surface area contributed by atoms with Crippen LogP contribution >= 0.6 is 12.6 Å². The molecule has 4 aliphatic rings. The fourth-order valence-corrected chi connectivity index (χ4v) is 9.52. The second-order valence-electron chi connectivity index (χ2n) is 17.2. The number of carbonyl (C=O) groups is 2. The molecule has 0 spiro atoms. The van der Waals surface area contributed by atoms with E-state index < -0.39 is 32.3 Å². The Hall–Kier alpha value is -2.06. The first kappa shape index (κ1) is 53.0. The Balaban J connectivity index is 0.000000462. The van der Waals surface area contributed by atoms with Crippen molar-refractivity contribution in [2.24, 2.45) is 0 Å². The van der Waals surface area contributed by atoms with Gasteiger partial charge >= 0.3 is 31.0 Å². The average Bonchev–Trinajstić information content (AvgIpc) is 3.53. The van der Waals surface area contributed by atoms with Crippen molar-refractivity contribution >= 4 is 40.5 Å². The van der Waals surface area contributed by atoms with Gasteiger partial charge in [-0.15, -0.1) is 0 Å². The van der Waals surface area contributed by atoms with Gasteiger partial charge in [-0.05, 0) is 85.5 Å². The molecule has 4 saturated heterocycles. The molecule has 4 bridgehead atoms. The topological polar surface area (TPSA) is 182 Å². The summed E-state index contributed by atoms with van der Waals surface area (Å²) in [5, 5.41) is 14.6. The van der Waals surface area contributed by atoms with Crippen LogP contribution in [0.1, 0.15) is 138 Å². The number of nitrogens with zero attached hydrogens (tertiary/aromatic N) is 4. The van der Waals surface area contributed by atoms with E-state index in [1.807, 2.05) is 25.7 Å². The van der Waals surface area contributed by atoms with Gasteiger partial charge in [0, 0.05) is 56.4 Å². The fraction of sp³-hybridized carbons (Fsp3) is 0.800. The quantitative estimate of drug-likeness (QED) is 0.0860. The van der Waals surface area contributed by atoms with E-state index in [-0.39, 0.29) is 66.1 Å². The van der Waals surface area contributed by atoms with Gasteiger partial charge in [0.15, 0.2) is 4.90 Å². The number of unbranched alkanes of at least 4 members (excludes halogenated alkanes) is 9. The van der Waals surface area contributed by atoms with Crippen LogP contribution in [0.3, 0.4) is 0 Å². The maximum absolute atomic E-state index is 13.0. The molecule has 5 rings (SSSR count). The molecule has 1 aromatic carbocycles. The van der Waals surface area contributed by atoms with Gasteiger partial charge in [0.1, 0.15) is 11.2 Å². The summed E-state index contributed by atoms with van der Waals surface area (Å²) in [5.74, 6) is 1.07. The molecule has 0 saturated carbocycles. The number of benzene rings is 1. The van der Waals surface area contributed by atoms with Crippen molar-refractivity contribution in [1.82, 2.24) is 19.4 Å². The van der Waals surface area contributed by atoms with Gasteiger partial charge in [-0.25, -0.2) is 18.0 Å². The van der Waals surface area contributed by atoms with Crippen LogP contribution in [0, 0.1) is 10.1 Å². The summed E-state index contributed by atoms with van der Waals surface area (Å²) in [4.78, 5) is 38.2. The molecular formula is C40H70LiN5O9S2. The predicted molar refractivity (Wildman–Crippen MR) is 222 cm³/mol. The van der Waals surface area contributed by atoms with Gasteiger partial charge in [0.2, 0.25) is 10.0 Å². The molecule has 0 aliphatic carbocycles. The van der Waals surface area contributed by atoms with Crippen molar-refractivity contribution in [3.8, 4) is 0 Å². The molecular weight excluding hydrogens is 766 g/mol. The molecule has 14 nitrogen and oxygen atoms in total. The van der Waals surface area contributed by atoms with Crippen LogP contribution in [0.25, 0.3) is 0 Å². The number of hydrogen-bond donors (Lipinski definition) is 2. The molecule has 322 valence electrons. The monoisotopic (exact) mass is 835 g/mol. The molecule has 2 N–H and O–H groups in total. The number of nitrogens with one attached hydrogen (secondary N) is 1. The van der Waals surface area contributed by atoms with Crippen LogP contribution in [0.15, 0.2) is 29.2 Å². The molecule has 4 fully saturated rings. The number of para-hydroxylation sites is 1. The number of amides is 2. The van der Waals surface area contributed by atoms with E-state index in [1.54, 1.807) is 25.7 Å². The van der Waals surface area contributed by atoms with Gasteiger partial charge in [0.05, 0.1) is 4.92 Å². The Morgan fingerprint density at radius 3 is 1.60 bits per heavy atom. The van der Waals surface area contributed by atoms with E-state index in [2.05, 4.69) is 24.9 Å². The molecule has 17 heteroatoms. The molecule has 57 heavy (non-hydrogen) atoms. The van der Waals surface area contributed by atoms with E-state index in [0.717, 1.165) is 31.7 Å². The number of piperazine rings is 2. The standard InChI is InChI=1S/C17H23N3O6S.C12H26S.C11H20N2O2.Li.H2O/c1-17(2,3)26-16(21)19-12-8-9-13(19)11-18(10-12)27(24,25)15-7-5-4-6-14(15)20(22)23;1-2-3-4-5-6-7-8-9-10-11-12-13;1-11(2,3)15-10(14)13-8-4-5-9(13)7-12-6-8;;/h4-7,12-13H,8-11H2,1-3H3;13H,2-12H2,1H3;8-9,12H,4-7H2,1-3H3;;1H2/q;;;+1;/p-1. The van der Waals surface area contributed by atoms with Crippen molar-refractivity contribution in [1.29, 1.82) is 0 Å². The van der Waals surface area contributed by atoms with Crippen LogP contribution in [0.5, 0.6) is 0 Å². The van der Waals surface area contributed by atoms with Crippen LogP contribution in [0.4, 0.5) is 15.3 Å². The third kappa shape index (κ3) is 16.8. The third-order valence-corrected chi connectivity index (χ3v) is 12.4. The fourth-order valence-electron chi connectivity index (χ4n) is 7.63. The minimum atomic E-state index is -4.03. The number of sulfonamides is 1. The largest absolute Gasteiger partial charge is 1.00 e. The Morgan fingerprint density at radius 2 is 1.18 bits per heavy atom. The molecule has 0 aromatic heterocycles. The number of hydrogen-bond acceptors (Lipinski definition) is 11. The number of thiol groups is 1. The Labute approximate surface area is 360 Å². The van der Waals surface area contributed by atoms with Crippen molar-refractivity contribution in [2.75, 3.05) is 31.9 Å². The van der Waals surface area contributed by atoms with Gasteiger partial charge in [0.25, 0.3) is 5.69 Å². The summed E-state index contributed by atoms with van der Waals surface area (Å²) in [5.41, 5.74) is -1.47. The average molecular weight is 836 g/mol. The van der Waals surface area contributed by atoms with Gasteiger partial charge in [-0.1, -0.05) is 76.8 Å². The number of ether oxygens (including phenoxy) is 2. The second kappa shape index (κ2) is 24.9. The van der Waals surface area contributed by atoms with E-state index in [0.29, 0.717) is 24.9 Å². The zero-order valence-corrected chi connectivity index (χ0v) is 37.6. The zero-order chi connectivity index (χ0) is 40.8. The molecule has 4 atom stereocenters. The maximum atomic E-state index is 13.0. The molecule has 4 aliphatic heterocycles. The first-order valence-corrected chi connectivity index (χ1v) is 22.5. The first-order chi connectivity index (χ1) is 25.9. The number of rotatable bonds is 13. The van der Waals surface area contributed by atoms with Crippen LogP contribution in [-0.2, 0) is 19.5 Å². The predicted octanol–water partition coefficient (Wildman–Crippen LogP) is 5.39. The Kier molecular flexibility index (Phi) is 23.1. The SMILES string of the molecule is CC(C)(C)OC(=O)N1C2CCC1CN(S(=O)(=O)c1ccccc1[N+](=O)[O-])C2.CC(C)(C)OC(=O)N1C2CCC1CNC2.CCCCCCCCCCCCS.[Li+].[OH-]. The van der Waals surface area contributed by atoms with Crippen LogP contribution in [0.2, 0.25) is 0 Å². The van der Waals surface area contributed by atoms with Gasteiger partial charge < -0.3 is 20.3 Å². The van der Waals surface area contributed by atoms with Gasteiger partial charge in [-0.2, -0.15) is 16.9 Å². The van der Waals surface area contributed by atoms with E-state index in [4.69, 9.17) is 9.47 Å². The third-order valence-electron chi connectivity index (χ3n) is 10.2. The molecule has 4 heterocycles. The Morgan fingerprint density at radius 1 is 0.772 bits per heavy atom. The summed E-state index contributed by atoms with van der Waals surface area (Å²) >= 11 is 4.20. The smallest absolute Gasteiger partial charge is 0.870 e. The number of fused-ring (bicyclic) bond motifs is 4. The van der Waals surface area contributed by atoms with E-state index in [1.165, 1.54) is 92.8 Å². The number of nitro groups is 1. The number of nitro benzene ring substituents is 1. The number of carbonyl (C=O) groups excluding carboxylic acids is 2. The molecule has 4 unspecified atom stereocenters. The van der Waals surface area contributed by atoms with Crippen LogP contribution in [-0.4, -0.2) is 112 Å².